The number of hydrogen-bond donors (Lipinski definition) is 0. The van der Waals surface area contributed by atoms with Crippen LogP contribution < -0.4 is 0 Å². The molecule has 0 amide bonds. The fourth-order valence-corrected chi connectivity index (χ4v) is 7.19. The highest BCUT2D eigenvalue weighted by atomic mass is 15.1. The third-order valence-corrected chi connectivity index (χ3v) is 9.34. The summed E-state index contributed by atoms with van der Waals surface area (Å²) in [7, 11) is 0. The zero-order chi connectivity index (χ0) is 30.9. The van der Waals surface area contributed by atoms with Crippen molar-refractivity contribution in [3.8, 4) is 39.5 Å². The van der Waals surface area contributed by atoms with Crippen LogP contribution in [0.1, 0.15) is 0 Å². The van der Waals surface area contributed by atoms with Gasteiger partial charge in [-0.25, -0.2) is 9.97 Å². The third-order valence-electron chi connectivity index (χ3n) is 9.34. The van der Waals surface area contributed by atoms with Crippen molar-refractivity contribution in [2.45, 2.75) is 0 Å². The van der Waals surface area contributed by atoms with Crippen LogP contribution in [-0.4, -0.2) is 24.5 Å². The Morgan fingerprint density at radius 2 is 1.21 bits per heavy atom. The largest absolute Gasteiger partial charge is 0.292 e. The van der Waals surface area contributed by atoms with Crippen LogP contribution in [0.15, 0.2) is 152 Å². The van der Waals surface area contributed by atoms with Crippen LogP contribution in [0.4, 0.5) is 0 Å². The molecule has 0 N–H and O–H groups in total. The maximum atomic E-state index is 5.17. The van der Waals surface area contributed by atoms with Crippen LogP contribution in [0.25, 0.3) is 93.7 Å². The predicted molar refractivity (Wildman–Crippen MR) is 192 cm³/mol. The lowest BCUT2D eigenvalue weighted by molar-refractivity contribution is 1.08. The molecule has 218 valence electrons. The van der Waals surface area contributed by atoms with E-state index in [0.717, 1.165) is 55.8 Å². The summed E-state index contributed by atoms with van der Waals surface area (Å²) in [6.45, 7) is 0. The summed E-state index contributed by atoms with van der Waals surface area (Å²) in [5, 5.41) is 8.72. The van der Waals surface area contributed by atoms with Gasteiger partial charge in [0.1, 0.15) is 5.82 Å². The molecule has 5 nitrogen and oxygen atoms in total. The Balaban J connectivity index is 1.16. The predicted octanol–water partition coefficient (Wildman–Crippen LogP) is 10.3. The number of aromatic nitrogens is 5. The van der Waals surface area contributed by atoms with Crippen molar-refractivity contribution in [1.29, 1.82) is 0 Å². The molecular formula is C42H25N5. The second-order valence-corrected chi connectivity index (χ2v) is 12.0. The summed E-state index contributed by atoms with van der Waals surface area (Å²) in [5.41, 5.74) is 9.09. The van der Waals surface area contributed by atoms with Crippen molar-refractivity contribution in [1.82, 2.24) is 24.5 Å². The van der Waals surface area contributed by atoms with E-state index in [1.54, 1.807) is 0 Å². The van der Waals surface area contributed by atoms with Crippen molar-refractivity contribution < 1.29 is 0 Å². The Morgan fingerprint density at radius 3 is 2.04 bits per heavy atom. The van der Waals surface area contributed by atoms with Gasteiger partial charge in [0.25, 0.3) is 0 Å². The van der Waals surface area contributed by atoms with E-state index in [1.807, 2.05) is 43.0 Å². The van der Waals surface area contributed by atoms with Crippen molar-refractivity contribution in [2.24, 2.45) is 0 Å². The Hall–Kier alpha value is -6.46. The van der Waals surface area contributed by atoms with Crippen molar-refractivity contribution in [3.05, 3.63) is 152 Å². The van der Waals surface area contributed by atoms with E-state index in [1.165, 1.54) is 37.9 Å². The molecule has 0 saturated heterocycles. The maximum Gasteiger partial charge on any atom is 0.137 e. The summed E-state index contributed by atoms with van der Waals surface area (Å²) in [5.74, 6) is 0.838. The topological polar surface area (TPSA) is 56.5 Å². The third kappa shape index (κ3) is 3.97. The van der Waals surface area contributed by atoms with E-state index in [9.17, 15) is 0 Å². The quantitative estimate of drug-likeness (QED) is 0.189. The van der Waals surface area contributed by atoms with E-state index in [-0.39, 0.29) is 0 Å². The van der Waals surface area contributed by atoms with E-state index >= 15 is 0 Å². The van der Waals surface area contributed by atoms with Crippen LogP contribution in [0, 0.1) is 0 Å². The summed E-state index contributed by atoms with van der Waals surface area (Å²) in [4.78, 5) is 19.1. The Labute approximate surface area is 269 Å². The fraction of sp³-hybridized carbons (Fsp3) is 0. The van der Waals surface area contributed by atoms with Crippen LogP contribution in [0.3, 0.4) is 0 Å². The number of para-hydroxylation sites is 1. The van der Waals surface area contributed by atoms with Gasteiger partial charge in [0, 0.05) is 41.3 Å². The second kappa shape index (κ2) is 10.0. The average Bonchev–Trinajstić information content (AvgIpc) is 3.48. The first-order valence-electron chi connectivity index (χ1n) is 15.7. The number of rotatable bonds is 4. The van der Waals surface area contributed by atoms with Crippen molar-refractivity contribution >= 4 is 54.3 Å². The minimum Gasteiger partial charge on any atom is -0.292 e. The molecule has 10 rings (SSSR count). The Kier molecular flexibility index (Phi) is 5.51. The maximum absolute atomic E-state index is 5.17. The molecule has 0 aliphatic rings. The number of hydrogen-bond acceptors (Lipinski definition) is 4. The fourth-order valence-electron chi connectivity index (χ4n) is 7.19. The molecule has 0 radical (unpaired) electrons. The van der Waals surface area contributed by atoms with Gasteiger partial charge >= 0.3 is 0 Å². The standard InChI is InChI=1S/C42H25N5/c1-2-8-37-34(7-1)42-38(9-4-20-44-42)47(37)39-17-14-30(25-45-39)36-24-31(23-35(46-36)26-18-21-43-22-19-26)32-15-12-29-11-10-27-5-3-6-28-13-16-33(32)41(29)40(27)28/h1-25H. The van der Waals surface area contributed by atoms with Crippen LogP contribution in [0.2, 0.25) is 0 Å². The molecule has 0 aliphatic carbocycles. The molecule has 5 aromatic carbocycles. The molecule has 5 heterocycles. The van der Waals surface area contributed by atoms with Gasteiger partial charge in [-0.05, 0) is 98.0 Å². The Morgan fingerprint density at radius 1 is 0.468 bits per heavy atom. The first-order chi connectivity index (χ1) is 23.3. The van der Waals surface area contributed by atoms with Crippen molar-refractivity contribution in [2.75, 3.05) is 0 Å². The second-order valence-electron chi connectivity index (χ2n) is 12.0. The average molecular weight is 600 g/mol. The van der Waals surface area contributed by atoms with Gasteiger partial charge in [0.2, 0.25) is 0 Å². The molecule has 47 heavy (non-hydrogen) atoms. The monoisotopic (exact) mass is 599 g/mol. The van der Waals surface area contributed by atoms with E-state index in [4.69, 9.17) is 9.97 Å². The molecule has 0 bridgehead atoms. The van der Waals surface area contributed by atoms with Gasteiger partial charge in [0.05, 0.1) is 27.9 Å². The lowest BCUT2D eigenvalue weighted by atomic mass is 9.89. The molecule has 5 aromatic heterocycles. The Bertz CT molecular complexity index is 2710. The highest BCUT2D eigenvalue weighted by molar-refractivity contribution is 6.25. The zero-order valence-electron chi connectivity index (χ0n) is 25.2. The van der Waals surface area contributed by atoms with Crippen molar-refractivity contribution in [3.63, 3.8) is 0 Å². The lowest BCUT2D eigenvalue weighted by Gasteiger charge is -2.16. The van der Waals surface area contributed by atoms with Gasteiger partial charge in [-0.1, -0.05) is 72.8 Å². The number of nitrogens with zero attached hydrogens (tertiary/aromatic N) is 5. The molecule has 0 fully saturated rings. The number of fused-ring (bicyclic) bond motifs is 3. The molecule has 0 unspecified atom stereocenters. The summed E-state index contributed by atoms with van der Waals surface area (Å²) in [6.07, 6.45) is 7.40. The highest BCUT2D eigenvalue weighted by Crippen LogP contribution is 2.41. The van der Waals surface area contributed by atoms with Gasteiger partial charge in [-0.2, -0.15) is 0 Å². The normalized spacial score (nSPS) is 11.8. The molecule has 0 aliphatic heterocycles. The smallest absolute Gasteiger partial charge is 0.137 e. The van der Waals surface area contributed by atoms with Gasteiger partial charge < -0.3 is 0 Å². The molecular weight excluding hydrogens is 574 g/mol. The van der Waals surface area contributed by atoms with Gasteiger partial charge in [-0.3, -0.25) is 14.5 Å². The van der Waals surface area contributed by atoms with Gasteiger partial charge in [0.15, 0.2) is 0 Å². The van der Waals surface area contributed by atoms with Gasteiger partial charge in [-0.15, -0.1) is 0 Å². The van der Waals surface area contributed by atoms with Crippen LogP contribution in [0.5, 0.6) is 0 Å². The molecule has 10 aromatic rings. The molecule has 0 saturated carbocycles. The van der Waals surface area contributed by atoms with E-state index in [0.29, 0.717) is 0 Å². The molecule has 0 atom stereocenters. The van der Waals surface area contributed by atoms with Crippen LogP contribution in [-0.2, 0) is 0 Å². The van der Waals surface area contributed by atoms with E-state index < -0.39 is 0 Å². The van der Waals surface area contributed by atoms with E-state index in [2.05, 4.69) is 124 Å². The summed E-state index contributed by atoms with van der Waals surface area (Å²) < 4.78 is 2.18. The first kappa shape index (κ1) is 25.8. The summed E-state index contributed by atoms with van der Waals surface area (Å²) >= 11 is 0. The minimum absolute atomic E-state index is 0.838. The number of benzene rings is 5. The highest BCUT2D eigenvalue weighted by Gasteiger charge is 2.17. The zero-order valence-corrected chi connectivity index (χ0v) is 25.2. The minimum atomic E-state index is 0.838. The first-order valence-corrected chi connectivity index (χ1v) is 15.7. The molecule has 0 spiro atoms. The summed E-state index contributed by atoms with van der Waals surface area (Å²) in [6, 6.07) is 45.0. The lowest BCUT2D eigenvalue weighted by Crippen LogP contribution is -1.98. The van der Waals surface area contributed by atoms with Crippen LogP contribution >= 0.6 is 0 Å². The number of pyridine rings is 4. The SMILES string of the molecule is c1cc2ccc3ccc(-c4cc(-c5ccncc5)nc(-c5ccc(-n6c7ccccc7c7ncccc76)nc5)c4)c4ccc(c1)c2c34. The molecule has 5 heteroatoms.